The average molecular weight is 824 g/mol. The number of esters is 2. The number of guanidine groups is 1. The lowest BCUT2D eigenvalue weighted by Gasteiger charge is -2.22. The van der Waals surface area contributed by atoms with Crippen molar-refractivity contribution in [2.45, 2.75) is 245 Å². The van der Waals surface area contributed by atoms with Gasteiger partial charge in [-0.05, 0) is 83.8 Å². The maximum absolute atomic E-state index is 12.8. The third-order valence-electron chi connectivity index (χ3n) is 11.1. The summed E-state index contributed by atoms with van der Waals surface area (Å²) in [5.74, 6) is 0.111. The molecule has 0 fully saturated rings. The minimum absolute atomic E-state index is 0.00910. The molecule has 11 heteroatoms. The fourth-order valence-electron chi connectivity index (χ4n) is 7.50. The minimum Gasteiger partial charge on any atom is -0.466 e. The zero-order valence-corrected chi connectivity index (χ0v) is 38.4. The van der Waals surface area contributed by atoms with Crippen molar-refractivity contribution in [3.05, 3.63) is 10.1 Å². The lowest BCUT2D eigenvalue weighted by Crippen LogP contribution is -2.37. The van der Waals surface area contributed by atoms with Gasteiger partial charge in [-0.25, -0.2) is 10.1 Å². The molecule has 2 N–H and O–H groups in total. The zero-order valence-electron chi connectivity index (χ0n) is 38.4. The molecule has 0 aromatic carbocycles. The van der Waals surface area contributed by atoms with E-state index in [1.54, 1.807) is 7.05 Å². The first-order valence-corrected chi connectivity index (χ1v) is 24.6. The van der Waals surface area contributed by atoms with Crippen LogP contribution in [-0.2, 0) is 19.1 Å². The van der Waals surface area contributed by atoms with E-state index in [9.17, 15) is 19.7 Å². The highest BCUT2D eigenvalue weighted by molar-refractivity contribution is 5.78. The van der Waals surface area contributed by atoms with Crippen LogP contribution in [0.4, 0.5) is 0 Å². The average Bonchev–Trinajstić information content (AvgIpc) is 3.21. The molecule has 11 nitrogen and oxygen atoms in total. The predicted molar refractivity (Wildman–Crippen MR) is 243 cm³/mol. The van der Waals surface area contributed by atoms with Crippen LogP contribution in [0.25, 0.3) is 0 Å². The third kappa shape index (κ3) is 40.4. The summed E-state index contributed by atoms with van der Waals surface area (Å²) in [5, 5.41) is 19.2. The molecule has 342 valence electrons. The van der Waals surface area contributed by atoms with Crippen molar-refractivity contribution in [3.63, 3.8) is 0 Å². The predicted octanol–water partition coefficient (Wildman–Crippen LogP) is 12.4. The molecule has 0 unspecified atom stereocenters. The van der Waals surface area contributed by atoms with Crippen LogP contribution in [0.2, 0.25) is 0 Å². The molecule has 0 radical (unpaired) electrons. The van der Waals surface area contributed by atoms with Gasteiger partial charge in [-0.15, -0.1) is 0 Å². The van der Waals surface area contributed by atoms with E-state index in [-0.39, 0.29) is 24.0 Å². The number of rotatable bonds is 44. The quantitative estimate of drug-likeness (QED) is 0.0154. The van der Waals surface area contributed by atoms with Gasteiger partial charge in [0.15, 0.2) is 5.03 Å². The van der Waals surface area contributed by atoms with Crippen molar-refractivity contribution in [1.29, 1.82) is 0 Å². The number of hydrogen-bond acceptors (Lipinski definition) is 7. The Balaban J connectivity index is 4.48. The zero-order chi connectivity index (χ0) is 42.6. The van der Waals surface area contributed by atoms with Gasteiger partial charge in [0.2, 0.25) is 0 Å². The van der Waals surface area contributed by atoms with Crippen molar-refractivity contribution < 1.29 is 24.1 Å². The van der Waals surface area contributed by atoms with Gasteiger partial charge >= 0.3 is 11.9 Å². The Kier molecular flexibility index (Phi) is 42.3. The Bertz CT molecular complexity index is 952. The lowest BCUT2D eigenvalue weighted by atomic mass is 10.0. The molecule has 58 heavy (non-hydrogen) atoms. The first-order valence-electron chi connectivity index (χ1n) is 24.6. The van der Waals surface area contributed by atoms with Crippen molar-refractivity contribution in [1.82, 2.24) is 15.5 Å². The van der Waals surface area contributed by atoms with Crippen LogP contribution < -0.4 is 10.6 Å². The van der Waals surface area contributed by atoms with Crippen molar-refractivity contribution in [3.8, 4) is 0 Å². The van der Waals surface area contributed by atoms with Crippen LogP contribution in [0.15, 0.2) is 5.10 Å². The number of carbonyl (C=O) groups is 2. The van der Waals surface area contributed by atoms with E-state index >= 15 is 0 Å². The second kappa shape index (κ2) is 44.1. The van der Waals surface area contributed by atoms with Crippen molar-refractivity contribution in [2.24, 2.45) is 5.10 Å². The monoisotopic (exact) mass is 824 g/mol. The lowest BCUT2D eigenvalue weighted by molar-refractivity contribution is -0.485. The number of nitrogens with one attached hydrogen (secondary N) is 2. The van der Waals surface area contributed by atoms with E-state index in [4.69, 9.17) is 9.47 Å². The SMILES string of the molecule is CCCCCCCCCOC(=O)CCCCCCCN(CCCCCCCC(=O)OC(CCCCCCCC)CCCCCCCC)CCCN/C(=N/[N+](=O)[O-])NC. The second-order valence-corrected chi connectivity index (χ2v) is 16.7. The van der Waals surface area contributed by atoms with Crippen LogP contribution in [0.5, 0.6) is 0 Å². The molecule has 0 rings (SSSR count). The summed E-state index contributed by atoms with van der Waals surface area (Å²) in [5.41, 5.74) is 0. The Labute approximate surface area is 356 Å². The number of hydrogen-bond donors (Lipinski definition) is 2. The maximum atomic E-state index is 12.8. The van der Waals surface area contributed by atoms with Gasteiger partial charge in [0, 0.05) is 26.4 Å². The summed E-state index contributed by atoms with van der Waals surface area (Å²) in [6, 6.07) is 0. The fraction of sp³-hybridized carbons (Fsp3) is 0.936. The molecule has 0 amide bonds. The summed E-state index contributed by atoms with van der Waals surface area (Å²) < 4.78 is 11.5. The summed E-state index contributed by atoms with van der Waals surface area (Å²) in [4.78, 5) is 38.2. The smallest absolute Gasteiger partial charge is 0.306 e. The summed E-state index contributed by atoms with van der Waals surface area (Å²) >= 11 is 0. The molecule has 0 atom stereocenters. The highest BCUT2D eigenvalue weighted by atomic mass is 16.7. The number of nitro groups is 1. The highest BCUT2D eigenvalue weighted by Gasteiger charge is 2.14. The second-order valence-electron chi connectivity index (χ2n) is 16.7. The molecule has 0 aliphatic heterocycles. The van der Waals surface area contributed by atoms with Crippen LogP contribution in [-0.4, -0.2) is 73.8 Å². The molecular weight excluding hydrogens is 731 g/mol. The maximum Gasteiger partial charge on any atom is 0.306 e. The largest absolute Gasteiger partial charge is 0.466 e. The van der Waals surface area contributed by atoms with Crippen LogP contribution in [0, 0.1) is 10.1 Å². The highest BCUT2D eigenvalue weighted by Crippen LogP contribution is 2.19. The number of hydrazone groups is 1. The molecule has 0 saturated carbocycles. The van der Waals surface area contributed by atoms with Gasteiger partial charge in [-0.2, -0.15) is 0 Å². The number of carbonyl (C=O) groups excluding carboxylic acids is 2. The van der Waals surface area contributed by atoms with Crippen molar-refractivity contribution in [2.75, 3.05) is 39.8 Å². The summed E-state index contributed by atoms with van der Waals surface area (Å²) in [6.07, 6.45) is 38.4. The van der Waals surface area contributed by atoms with E-state index in [1.165, 1.54) is 96.3 Å². The van der Waals surface area contributed by atoms with E-state index in [0.29, 0.717) is 26.0 Å². The van der Waals surface area contributed by atoms with Crippen LogP contribution in [0.1, 0.15) is 239 Å². The first kappa shape index (κ1) is 55.6. The van der Waals surface area contributed by atoms with Gasteiger partial charge in [0.05, 0.1) is 6.61 Å². The number of nitrogens with zero attached hydrogens (tertiary/aromatic N) is 3. The van der Waals surface area contributed by atoms with Gasteiger partial charge in [0.1, 0.15) is 11.2 Å². The molecule has 0 aliphatic carbocycles. The van der Waals surface area contributed by atoms with Crippen LogP contribution in [0.3, 0.4) is 0 Å². The molecule has 0 aromatic rings. The normalized spacial score (nSPS) is 11.7. The third-order valence-corrected chi connectivity index (χ3v) is 11.1. The first-order chi connectivity index (χ1) is 28.4. The minimum atomic E-state index is -0.695. The van der Waals surface area contributed by atoms with E-state index < -0.39 is 5.03 Å². The van der Waals surface area contributed by atoms with Crippen LogP contribution >= 0.6 is 0 Å². The fourth-order valence-corrected chi connectivity index (χ4v) is 7.50. The Hall–Kier alpha value is -2.43. The Morgan fingerprint density at radius 2 is 0.983 bits per heavy atom. The molecule has 0 aliphatic rings. The van der Waals surface area contributed by atoms with E-state index in [1.807, 2.05) is 0 Å². The molecule has 0 aromatic heterocycles. The number of unbranched alkanes of at least 4 members (excludes halogenated alkanes) is 24. The molecular formula is C47H93N5O6. The molecule has 0 bridgehead atoms. The van der Waals surface area contributed by atoms with Crippen molar-refractivity contribution >= 4 is 17.9 Å². The molecule has 0 spiro atoms. The van der Waals surface area contributed by atoms with E-state index in [2.05, 4.69) is 41.4 Å². The summed E-state index contributed by atoms with van der Waals surface area (Å²) in [6.45, 7) is 10.9. The standard InChI is InChI=1S/C47H93N5O6/c1-5-8-11-14-17-26-33-43-57-45(53)37-29-22-18-24-31-40-51(42-34-39-49-47(48-4)50-52(55)56)41-32-25-19-23-30-38-46(54)58-44(35-27-20-15-12-9-6-2)36-28-21-16-13-10-7-3/h44H,5-43H2,1-4H3,(H2,48,49,50). The van der Waals surface area contributed by atoms with Gasteiger partial charge in [0.25, 0.3) is 5.96 Å². The molecule has 0 heterocycles. The summed E-state index contributed by atoms with van der Waals surface area (Å²) in [7, 11) is 1.62. The number of ether oxygens (including phenoxy) is 2. The topological polar surface area (TPSA) is 135 Å². The Morgan fingerprint density at radius 3 is 1.47 bits per heavy atom. The van der Waals surface area contributed by atoms with Gasteiger partial charge in [-0.1, -0.05) is 162 Å². The molecule has 0 saturated heterocycles. The van der Waals surface area contributed by atoms with E-state index in [0.717, 1.165) is 129 Å². The van der Waals surface area contributed by atoms with Gasteiger partial charge in [-0.3, -0.25) is 9.59 Å². The van der Waals surface area contributed by atoms with Gasteiger partial charge < -0.3 is 25.0 Å². The Morgan fingerprint density at radius 1 is 0.569 bits per heavy atom.